The molecular formula is C12H16FN. The molecule has 0 radical (unpaired) electrons. The van der Waals surface area contributed by atoms with Crippen LogP contribution in [0.25, 0.3) is 0 Å². The molecule has 76 valence electrons. The number of nitrogens with one attached hydrogen (secondary N) is 1. The zero-order valence-corrected chi connectivity index (χ0v) is 8.95. The Morgan fingerprint density at radius 1 is 1.07 bits per heavy atom. The molecule has 1 aromatic rings. The summed E-state index contributed by atoms with van der Waals surface area (Å²) in [7, 11) is 0. The van der Waals surface area contributed by atoms with Crippen molar-refractivity contribution >= 4 is 0 Å². The van der Waals surface area contributed by atoms with Crippen molar-refractivity contribution in [2.75, 3.05) is 13.1 Å². The Morgan fingerprint density at radius 2 is 1.64 bits per heavy atom. The van der Waals surface area contributed by atoms with Crippen LogP contribution in [-0.4, -0.2) is 13.1 Å². The monoisotopic (exact) mass is 193 g/mol. The third kappa shape index (κ3) is 1.34. The second kappa shape index (κ2) is 3.06. The first-order valence-corrected chi connectivity index (χ1v) is 5.01. The lowest BCUT2D eigenvalue weighted by Gasteiger charge is -2.36. The lowest BCUT2D eigenvalue weighted by atomic mass is 9.85. The van der Waals surface area contributed by atoms with Gasteiger partial charge in [-0.25, -0.2) is 4.39 Å². The van der Waals surface area contributed by atoms with Crippen LogP contribution in [0.4, 0.5) is 4.39 Å². The van der Waals surface area contributed by atoms with E-state index in [0.717, 1.165) is 11.1 Å². The summed E-state index contributed by atoms with van der Waals surface area (Å²) in [4.78, 5) is 0. The van der Waals surface area contributed by atoms with E-state index in [9.17, 15) is 4.39 Å². The maximum Gasteiger partial charge on any atom is 0.160 e. The number of hydrogen-bond donors (Lipinski definition) is 1. The van der Waals surface area contributed by atoms with E-state index in [0.29, 0.717) is 13.1 Å². The minimum atomic E-state index is -1.12. The highest BCUT2D eigenvalue weighted by molar-refractivity contribution is 5.41. The molecule has 1 heterocycles. The molecule has 0 aliphatic carbocycles. The first-order valence-electron chi connectivity index (χ1n) is 5.01. The quantitative estimate of drug-likeness (QED) is 0.722. The molecule has 0 bridgehead atoms. The highest BCUT2D eigenvalue weighted by atomic mass is 19.1. The van der Waals surface area contributed by atoms with Crippen LogP contribution in [0.3, 0.4) is 0 Å². The molecule has 1 N–H and O–H groups in total. The van der Waals surface area contributed by atoms with Gasteiger partial charge in [-0.3, -0.25) is 0 Å². The normalized spacial score (nSPS) is 19.1. The van der Waals surface area contributed by atoms with Crippen LogP contribution in [0.5, 0.6) is 0 Å². The molecule has 0 unspecified atom stereocenters. The van der Waals surface area contributed by atoms with Crippen LogP contribution >= 0.6 is 0 Å². The van der Waals surface area contributed by atoms with Crippen molar-refractivity contribution in [2.45, 2.75) is 26.4 Å². The predicted octanol–water partition coefficient (Wildman–Crippen LogP) is 2.38. The lowest BCUT2D eigenvalue weighted by Crippen LogP contribution is -2.54. The Morgan fingerprint density at radius 3 is 2.14 bits per heavy atom. The summed E-state index contributed by atoms with van der Waals surface area (Å²) in [6.45, 7) is 7.00. The summed E-state index contributed by atoms with van der Waals surface area (Å²) < 4.78 is 14.1. The molecule has 14 heavy (non-hydrogen) atoms. The molecule has 1 nitrogen and oxygen atoms in total. The summed E-state index contributed by atoms with van der Waals surface area (Å²) in [6.07, 6.45) is 0. The van der Waals surface area contributed by atoms with Crippen molar-refractivity contribution in [3.63, 3.8) is 0 Å². The molecule has 1 aliphatic heterocycles. The zero-order valence-electron chi connectivity index (χ0n) is 8.95. The van der Waals surface area contributed by atoms with E-state index < -0.39 is 5.67 Å². The molecule has 1 fully saturated rings. The van der Waals surface area contributed by atoms with Crippen molar-refractivity contribution in [1.82, 2.24) is 5.32 Å². The third-order valence-corrected chi connectivity index (χ3v) is 3.13. The van der Waals surface area contributed by atoms with E-state index in [2.05, 4.69) is 18.3 Å². The average Bonchev–Trinajstić information content (AvgIpc) is 2.07. The zero-order chi connectivity index (χ0) is 10.3. The molecule has 2 rings (SSSR count). The van der Waals surface area contributed by atoms with E-state index in [1.807, 2.05) is 19.9 Å². The second-order valence-electron chi connectivity index (χ2n) is 4.32. The van der Waals surface area contributed by atoms with E-state index in [-0.39, 0.29) is 0 Å². The molecule has 0 amide bonds. The van der Waals surface area contributed by atoms with Crippen molar-refractivity contribution in [1.29, 1.82) is 0 Å². The van der Waals surface area contributed by atoms with E-state index in [1.165, 1.54) is 11.1 Å². The highest BCUT2D eigenvalue weighted by Gasteiger charge is 2.39. The topological polar surface area (TPSA) is 12.0 Å². The molecule has 1 aliphatic rings. The van der Waals surface area contributed by atoms with Gasteiger partial charge in [0.2, 0.25) is 0 Å². The van der Waals surface area contributed by atoms with Gasteiger partial charge >= 0.3 is 0 Å². The molecule has 0 aromatic heterocycles. The largest absolute Gasteiger partial charge is 0.310 e. The number of alkyl halides is 1. The number of halogens is 1. The second-order valence-corrected chi connectivity index (χ2v) is 4.32. The summed E-state index contributed by atoms with van der Waals surface area (Å²) in [5, 5.41) is 2.99. The molecule has 2 heteroatoms. The Balaban J connectivity index is 2.48. The maximum atomic E-state index is 14.1. The van der Waals surface area contributed by atoms with Crippen molar-refractivity contribution in [3.8, 4) is 0 Å². The first-order chi connectivity index (χ1) is 6.53. The number of rotatable bonds is 1. The van der Waals surface area contributed by atoms with Gasteiger partial charge in [0.05, 0.1) is 0 Å². The fourth-order valence-electron chi connectivity index (χ4n) is 1.98. The van der Waals surface area contributed by atoms with Gasteiger partial charge < -0.3 is 5.32 Å². The SMILES string of the molecule is Cc1cc(C)c(C2(F)CNC2)cc1C. The maximum absolute atomic E-state index is 14.1. The van der Waals surface area contributed by atoms with Gasteiger partial charge in [-0.2, -0.15) is 0 Å². The van der Waals surface area contributed by atoms with Gasteiger partial charge in [-0.15, -0.1) is 0 Å². The Labute approximate surface area is 84.3 Å². The fourth-order valence-corrected chi connectivity index (χ4v) is 1.98. The van der Waals surface area contributed by atoms with E-state index in [4.69, 9.17) is 0 Å². The smallest absolute Gasteiger partial charge is 0.160 e. The highest BCUT2D eigenvalue weighted by Crippen LogP contribution is 2.33. The number of aryl methyl sites for hydroxylation is 3. The van der Waals surface area contributed by atoms with Crippen LogP contribution in [-0.2, 0) is 5.67 Å². The van der Waals surface area contributed by atoms with Crippen molar-refractivity contribution in [3.05, 3.63) is 34.4 Å². The molecule has 0 saturated carbocycles. The fraction of sp³-hybridized carbons (Fsp3) is 0.500. The minimum absolute atomic E-state index is 0.455. The third-order valence-electron chi connectivity index (χ3n) is 3.13. The Bertz CT molecular complexity index is 367. The van der Waals surface area contributed by atoms with Crippen molar-refractivity contribution in [2.24, 2.45) is 0 Å². The first kappa shape index (κ1) is 9.66. The van der Waals surface area contributed by atoms with Gasteiger partial charge in [-0.05, 0) is 43.0 Å². The minimum Gasteiger partial charge on any atom is -0.310 e. The summed E-state index contributed by atoms with van der Waals surface area (Å²) >= 11 is 0. The lowest BCUT2D eigenvalue weighted by molar-refractivity contribution is 0.0883. The van der Waals surface area contributed by atoms with Gasteiger partial charge in [0.1, 0.15) is 0 Å². The Hall–Kier alpha value is -0.890. The van der Waals surface area contributed by atoms with Crippen molar-refractivity contribution < 1.29 is 4.39 Å². The van der Waals surface area contributed by atoms with Crippen LogP contribution in [0, 0.1) is 20.8 Å². The summed E-state index contributed by atoms with van der Waals surface area (Å²) in [6, 6.07) is 4.07. The van der Waals surface area contributed by atoms with E-state index >= 15 is 0 Å². The van der Waals surface area contributed by atoms with Crippen LogP contribution in [0.15, 0.2) is 12.1 Å². The van der Waals surface area contributed by atoms with Crippen LogP contribution in [0.2, 0.25) is 0 Å². The van der Waals surface area contributed by atoms with Gasteiger partial charge in [0, 0.05) is 13.1 Å². The van der Waals surface area contributed by atoms with Crippen LogP contribution in [0.1, 0.15) is 22.3 Å². The standard InChI is InChI=1S/C12H16FN/c1-8-4-10(3)11(5-9(8)2)12(13)6-14-7-12/h4-5,14H,6-7H2,1-3H3. The number of hydrogen-bond acceptors (Lipinski definition) is 1. The van der Waals surface area contributed by atoms with Gasteiger partial charge in [-0.1, -0.05) is 12.1 Å². The molecule has 0 atom stereocenters. The molecule has 1 aromatic carbocycles. The summed E-state index contributed by atoms with van der Waals surface area (Å²) in [5.74, 6) is 0. The summed E-state index contributed by atoms with van der Waals surface area (Å²) in [5.41, 5.74) is 3.22. The molecule has 0 spiro atoms. The van der Waals surface area contributed by atoms with E-state index in [1.54, 1.807) is 0 Å². The Kier molecular flexibility index (Phi) is 2.11. The molecule has 1 saturated heterocycles. The molecular weight excluding hydrogens is 177 g/mol. The van der Waals surface area contributed by atoms with Gasteiger partial charge in [0.25, 0.3) is 0 Å². The average molecular weight is 193 g/mol. The number of benzene rings is 1. The van der Waals surface area contributed by atoms with Crippen LogP contribution < -0.4 is 5.32 Å². The predicted molar refractivity (Wildman–Crippen MR) is 56.3 cm³/mol. The van der Waals surface area contributed by atoms with Gasteiger partial charge in [0.15, 0.2) is 5.67 Å².